The second kappa shape index (κ2) is 2.92. The van der Waals surface area contributed by atoms with E-state index in [1.54, 1.807) is 0 Å². The Morgan fingerprint density at radius 1 is 1.56 bits per heavy atom. The molecule has 0 N–H and O–H groups in total. The molecule has 4 heteroatoms. The van der Waals surface area contributed by atoms with Gasteiger partial charge >= 0.3 is 6.16 Å². The van der Waals surface area contributed by atoms with E-state index >= 15 is 0 Å². The van der Waals surface area contributed by atoms with E-state index in [4.69, 9.17) is 11.6 Å². The van der Waals surface area contributed by atoms with Gasteiger partial charge in [-0.3, -0.25) is 0 Å². The molecule has 0 aliphatic carbocycles. The van der Waals surface area contributed by atoms with Crippen molar-refractivity contribution in [1.29, 1.82) is 0 Å². The third-order valence-corrected chi connectivity index (χ3v) is 1.53. The number of carbonyl (C=O) groups is 1. The van der Waals surface area contributed by atoms with E-state index < -0.39 is 6.16 Å². The molecule has 0 unspecified atom stereocenters. The Morgan fingerprint density at radius 3 is 2.56 bits per heavy atom. The third kappa shape index (κ3) is 1.75. The normalized spacial score (nSPS) is 20.8. The van der Waals surface area contributed by atoms with Gasteiger partial charge in [-0.2, -0.15) is 0 Å². The zero-order valence-corrected chi connectivity index (χ0v) is 5.56. The number of rotatable bonds is 1. The Kier molecular flexibility index (Phi) is 2.16. The van der Waals surface area contributed by atoms with Crippen LogP contribution in [0.15, 0.2) is 0 Å². The molecule has 0 aromatic heterocycles. The van der Waals surface area contributed by atoms with Crippen LogP contribution < -0.4 is 0 Å². The summed E-state index contributed by atoms with van der Waals surface area (Å²) < 4.78 is 9.07. The fraction of sp³-hybridized carbons (Fsp3) is 0.800. The average Bonchev–Trinajstić information content (AvgIpc) is 1.90. The van der Waals surface area contributed by atoms with Crippen molar-refractivity contribution in [3.05, 3.63) is 0 Å². The van der Waals surface area contributed by atoms with E-state index in [2.05, 4.69) is 9.47 Å². The summed E-state index contributed by atoms with van der Waals surface area (Å²) in [6.45, 7) is 0.782. The number of hydrogen-bond acceptors (Lipinski definition) is 3. The van der Waals surface area contributed by atoms with Crippen LogP contribution in [0.3, 0.4) is 0 Å². The molecule has 0 aromatic rings. The first-order chi connectivity index (χ1) is 4.33. The molecular weight excluding hydrogens is 144 g/mol. The highest BCUT2D eigenvalue weighted by molar-refractivity contribution is 6.18. The van der Waals surface area contributed by atoms with Crippen LogP contribution in [-0.2, 0) is 9.47 Å². The Morgan fingerprint density at radius 2 is 2.11 bits per heavy atom. The van der Waals surface area contributed by atoms with Gasteiger partial charge in [0.2, 0.25) is 0 Å². The molecule has 0 saturated carbocycles. The Labute approximate surface area is 57.9 Å². The number of hydrogen-bond donors (Lipinski definition) is 0. The number of carbonyl (C=O) groups excluding carboxylic acids is 1. The second-order valence-electron chi connectivity index (χ2n) is 1.89. The van der Waals surface area contributed by atoms with Crippen molar-refractivity contribution >= 4 is 17.8 Å². The number of ether oxygens (including phenoxy) is 2. The van der Waals surface area contributed by atoms with Crippen LogP contribution in [0.5, 0.6) is 0 Å². The molecule has 1 aliphatic heterocycles. The van der Waals surface area contributed by atoms with Crippen molar-refractivity contribution < 1.29 is 14.3 Å². The van der Waals surface area contributed by atoms with Gasteiger partial charge in [0.1, 0.15) is 13.2 Å². The van der Waals surface area contributed by atoms with Gasteiger partial charge in [0.15, 0.2) is 0 Å². The summed E-state index contributed by atoms with van der Waals surface area (Å²) in [6, 6.07) is 0. The molecule has 1 fully saturated rings. The fourth-order valence-corrected chi connectivity index (χ4v) is 0.729. The minimum atomic E-state index is -0.587. The van der Waals surface area contributed by atoms with Gasteiger partial charge < -0.3 is 9.47 Å². The summed E-state index contributed by atoms with van der Waals surface area (Å²) in [4.78, 5) is 10.2. The van der Waals surface area contributed by atoms with Gasteiger partial charge in [0, 0.05) is 11.8 Å². The summed E-state index contributed by atoms with van der Waals surface area (Å²) in [7, 11) is 0. The average molecular weight is 151 g/mol. The lowest BCUT2D eigenvalue weighted by atomic mass is 10.2. The van der Waals surface area contributed by atoms with Gasteiger partial charge in [-0.15, -0.1) is 11.6 Å². The lowest BCUT2D eigenvalue weighted by Crippen LogP contribution is -2.28. The zero-order valence-electron chi connectivity index (χ0n) is 4.80. The van der Waals surface area contributed by atoms with Crippen LogP contribution in [0.2, 0.25) is 0 Å². The van der Waals surface area contributed by atoms with Crippen molar-refractivity contribution in [2.75, 3.05) is 19.1 Å². The molecule has 52 valence electrons. The highest BCUT2D eigenvalue weighted by atomic mass is 35.5. The van der Waals surface area contributed by atoms with Crippen LogP contribution in [-0.4, -0.2) is 25.2 Å². The highest BCUT2D eigenvalue weighted by Gasteiger charge is 2.19. The predicted octanol–water partition coefficient (Wildman–Crippen LogP) is 1.01. The maximum atomic E-state index is 10.2. The first-order valence-electron chi connectivity index (χ1n) is 2.68. The molecule has 0 atom stereocenters. The van der Waals surface area contributed by atoms with Crippen LogP contribution in [0.1, 0.15) is 0 Å². The standard InChI is InChI=1S/C5H7ClO3/c6-1-4-2-8-5(7)9-3-4/h4H,1-3H2. The first-order valence-corrected chi connectivity index (χ1v) is 3.22. The molecule has 1 saturated heterocycles. The van der Waals surface area contributed by atoms with Crippen molar-refractivity contribution in [1.82, 2.24) is 0 Å². The number of alkyl halides is 1. The van der Waals surface area contributed by atoms with Crippen molar-refractivity contribution in [2.24, 2.45) is 5.92 Å². The largest absolute Gasteiger partial charge is 0.508 e. The van der Waals surface area contributed by atoms with Gasteiger partial charge in [0.05, 0.1) is 0 Å². The second-order valence-corrected chi connectivity index (χ2v) is 2.20. The van der Waals surface area contributed by atoms with E-state index in [0.717, 1.165) is 0 Å². The summed E-state index contributed by atoms with van der Waals surface area (Å²) in [5.74, 6) is 0.650. The fourth-order valence-electron chi connectivity index (χ4n) is 0.551. The molecule has 0 amide bonds. The maximum Gasteiger partial charge on any atom is 0.508 e. The van der Waals surface area contributed by atoms with Crippen LogP contribution in [0.4, 0.5) is 4.79 Å². The molecule has 0 radical (unpaired) electrons. The lowest BCUT2D eigenvalue weighted by molar-refractivity contribution is -0.00616. The van der Waals surface area contributed by atoms with E-state index in [9.17, 15) is 4.79 Å². The maximum absolute atomic E-state index is 10.2. The molecule has 0 bridgehead atoms. The topological polar surface area (TPSA) is 35.5 Å². The lowest BCUT2D eigenvalue weighted by Gasteiger charge is -2.18. The smallest absolute Gasteiger partial charge is 0.434 e. The highest BCUT2D eigenvalue weighted by Crippen LogP contribution is 2.07. The third-order valence-electron chi connectivity index (χ3n) is 1.09. The summed E-state index contributed by atoms with van der Waals surface area (Å²) in [6.07, 6.45) is -0.587. The molecule has 1 rings (SSSR count). The SMILES string of the molecule is O=C1OCC(CCl)CO1. The minimum absolute atomic E-state index is 0.171. The number of cyclic esters (lactones) is 2. The summed E-state index contributed by atoms with van der Waals surface area (Å²) >= 11 is 5.46. The number of halogens is 1. The predicted molar refractivity (Wildman–Crippen MR) is 31.5 cm³/mol. The van der Waals surface area contributed by atoms with E-state index in [1.165, 1.54) is 0 Å². The van der Waals surface area contributed by atoms with Gasteiger partial charge in [-0.25, -0.2) is 4.79 Å². The minimum Gasteiger partial charge on any atom is -0.434 e. The Balaban J connectivity index is 2.26. The molecule has 9 heavy (non-hydrogen) atoms. The molecule has 3 nitrogen and oxygen atoms in total. The quantitative estimate of drug-likeness (QED) is 0.413. The van der Waals surface area contributed by atoms with Gasteiger partial charge in [0.25, 0.3) is 0 Å². The molecule has 0 spiro atoms. The van der Waals surface area contributed by atoms with Gasteiger partial charge in [-0.05, 0) is 0 Å². The molecule has 1 aliphatic rings. The van der Waals surface area contributed by atoms with Crippen LogP contribution in [0, 0.1) is 5.92 Å². The van der Waals surface area contributed by atoms with E-state index in [1.807, 2.05) is 0 Å². The Bertz CT molecular complexity index is 105. The monoisotopic (exact) mass is 150 g/mol. The first kappa shape index (κ1) is 6.68. The zero-order chi connectivity index (χ0) is 6.69. The van der Waals surface area contributed by atoms with Crippen molar-refractivity contribution in [2.45, 2.75) is 0 Å². The van der Waals surface area contributed by atoms with Crippen LogP contribution >= 0.6 is 11.6 Å². The van der Waals surface area contributed by atoms with Gasteiger partial charge in [-0.1, -0.05) is 0 Å². The molecule has 1 heterocycles. The summed E-state index contributed by atoms with van der Waals surface area (Å²) in [5.41, 5.74) is 0. The molecule has 0 aromatic carbocycles. The van der Waals surface area contributed by atoms with E-state index in [0.29, 0.717) is 19.1 Å². The van der Waals surface area contributed by atoms with Crippen molar-refractivity contribution in [3.63, 3.8) is 0 Å². The van der Waals surface area contributed by atoms with Crippen molar-refractivity contribution in [3.8, 4) is 0 Å². The Hall–Kier alpha value is -0.440. The summed E-state index contributed by atoms with van der Waals surface area (Å²) in [5, 5.41) is 0. The van der Waals surface area contributed by atoms with Crippen LogP contribution in [0.25, 0.3) is 0 Å². The van der Waals surface area contributed by atoms with E-state index in [-0.39, 0.29) is 5.92 Å². The molecular formula is C5H7ClO3.